The van der Waals surface area contributed by atoms with E-state index in [0.717, 1.165) is 30.5 Å². The molecule has 0 heterocycles. The van der Waals surface area contributed by atoms with Gasteiger partial charge in [-0.25, -0.2) is 0 Å². The molecule has 0 aliphatic rings. The van der Waals surface area contributed by atoms with Gasteiger partial charge in [0.2, 0.25) is 11.8 Å². The molecule has 0 bridgehead atoms. The van der Waals surface area contributed by atoms with Crippen LogP contribution >= 0.6 is 0 Å². The maximum atomic E-state index is 11.8. The van der Waals surface area contributed by atoms with Gasteiger partial charge in [-0.1, -0.05) is 55.0 Å². The van der Waals surface area contributed by atoms with Gasteiger partial charge in [0.25, 0.3) is 0 Å². The van der Waals surface area contributed by atoms with Crippen LogP contribution in [0.1, 0.15) is 31.2 Å². The second-order valence-electron chi connectivity index (χ2n) is 5.74. The van der Waals surface area contributed by atoms with Gasteiger partial charge in [0.15, 0.2) is 0 Å². The van der Waals surface area contributed by atoms with Crippen molar-refractivity contribution >= 4 is 17.5 Å². The minimum absolute atomic E-state index is 0.0364. The molecule has 2 aromatic rings. The van der Waals surface area contributed by atoms with Crippen molar-refractivity contribution in [3.8, 4) is 0 Å². The molecule has 4 nitrogen and oxygen atoms in total. The standard InChI is InChI=1S/C20H24N2O2/c23-19(22-18-12-6-2-7-13-18)14-8-3-9-15-21-20(24)16-17-10-4-1-5-11-17/h1-2,4-7,10-13H,3,8-9,14-16H2,(H,21,24)(H,22,23). The Labute approximate surface area is 143 Å². The molecule has 0 spiro atoms. The average Bonchev–Trinajstić information content (AvgIpc) is 2.60. The van der Waals surface area contributed by atoms with Crippen LogP contribution in [0, 0.1) is 0 Å². The van der Waals surface area contributed by atoms with Gasteiger partial charge in [0.05, 0.1) is 6.42 Å². The molecule has 2 amide bonds. The lowest BCUT2D eigenvalue weighted by atomic mass is 10.1. The van der Waals surface area contributed by atoms with Crippen molar-refractivity contribution in [3.05, 3.63) is 66.2 Å². The Morgan fingerprint density at radius 1 is 0.750 bits per heavy atom. The highest BCUT2D eigenvalue weighted by molar-refractivity contribution is 5.90. The lowest BCUT2D eigenvalue weighted by Crippen LogP contribution is -2.26. The molecule has 2 aromatic carbocycles. The highest BCUT2D eigenvalue weighted by atomic mass is 16.2. The first-order valence-electron chi connectivity index (χ1n) is 8.39. The van der Waals surface area contributed by atoms with Crippen LogP contribution in [0.15, 0.2) is 60.7 Å². The molecule has 0 aromatic heterocycles. The molecule has 0 fully saturated rings. The van der Waals surface area contributed by atoms with Gasteiger partial charge >= 0.3 is 0 Å². The number of carbonyl (C=O) groups excluding carboxylic acids is 2. The topological polar surface area (TPSA) is 58.2 Å². The number of carbonyl (C=O) groups is 2. The van der Waals surface area contributed by atoms with E-state index in [4.69, 9.17) is 0 Å². The molecule has 0 aliphatic heterocycles. The summed E-state index contributed by atoms with van der Waals surface area (Å²) in [7, 11) is 0. The Hall–Kier alpha value is -2.62. The molecule has 24 heavy (non-hydrogen) atoms. The lowest BCUT2D eigenvalue weighted by molar-refractivity contribution is -0.120. The van der Waals surface area contributed by atoms with Crippen LogP contribution in [0.4, 0.5) is 5.69 Å². The smallest absolute Gasteiger partial charge is 0.224 e. The van der Waals surface area contributed by atoms with Crippen LogP contribution in [-0.4, -0.2) is 18.4 Å². The monoisotopic (exact) mass is 324 g/mol. The number of unbranched alkanes of at least 4 members (excludes halogenated alkanes) is 2. The van der Waals surface area contributed by atoms with E-state index in [1.807, 2.05) is 60.7 Å². The molecule has 126 valence electrons. The predicted octanol–water partition coefficient (Wildman–Crippen LogP) is 3.54. The van der Waals surface area contributed by atoms with Crippen molar-refractivity contribution in [2.75, 3.05) is 11.9 Å². The van der Waals surface area contributed by atoms with E-state index in [1.54, 1.807) is 0 Å². The van der Waals surface area contributed by atoms with Crippen molar-refractivity contribution in [2.24, 2.45) is 0 Å². The Morgan fingerprint density at radius 2 is 1.42 bits per heavy atom. The van der Waals surface area contributed by atoms with Gasteiger partial charge in [-0.2, -0.15) is 0 Å². The van der Waals surface area contributed by atoms with Crippen LogP contribution < -0.4 is 10.6 Å². The average molecular weight is 324 g/mol. The molecule has 2 N–H and O–H groups in total. The zero-order valence-electron chi connectivity index (χ0n) is 13.8. The minimum atomic E-state index is 0.0364. The fraction of sp³-hybridized carbons (Fsp3) is 0.300. The highest BCUT2D eigenvalue weighted by Gasteiger charge is 2.03. The third kappa shape index (κ3) is 7.09. The molecule has 0 unspecified atom stereocenters. The third-order valence-corrected chi connectivity index (χ3v) is 3.67. The molecule has 0 saturated heterocycles. The predicted molar refractivity (Wildman–Crippen MR) is 96.7 cm³/mol. The molecule has 0 radical (unpaired) electrons. The number of para-hydroxylation sites is 1. The molecule has 0 saturated carbocycles. The van der Waals surface area contributed by atoms with E-state index in [0.29, 0.717) is 19.4 Å². The van der Waals surface area contributed by atoms with E-state index in [-0.39, 0.29) is 11.8 Å². The van der Waals surface area contributed by atoms with Crippen molar-refractivity contribution < 1.29 is 9.59 Å². The quantitative estimate of drug-likeness (QED) is 0.693. The second kappa shape index (κ2) is 10.2. The Morgan fingerprint density at radius 3 is 2.12 bits per heavy atom. The van der Waals surface area contributed by atoms with Crippen molar-refractivity contribution in [2.45, 2.75) is 32.1 Å². The number of amides is 2. The number of hydrogen-bond donors (Lipinski definition) is 2. The molecule has 0 aliphatic carbocycles. The fourth-order valence-corrected chi connectivity index (χ4v) is 2.40. The van der Waals surface area contributed by atoms with Crippen LogP contribution in [0.25, 0.3) is 0 Å². The summed E-state index contributed by atoms with van der Waals surface area (Å²) in [6, 6.07) is 19.2. The lowest BCUT2D eigenvalue weighted by Gasteiger charge is -2.06. The van der Waals surface area contributed by atoms with Gasteiger partial charge in [0.1, 0.15) is 0 Å². The number of benzene rings is 2. The van der Waals surface area contributed by atoms with Gasteiger partial charge in [-0.05, 0) is 30.5 Å². The molecule has 2 rings (SSSR count). The van der Waals surface area contributed by atoms with Crippen molar-refractivity contribution in [1.82, 2.24) is 5.32 Å². The number of anilines is 1. The summed E-state index contributed by atoms with van der Waals surface area (Å²) in [5, 5.41) is 5.79. The molecule has 0 atom stereocenters. The van der Waals surface area contributed by atoms with Gasteiger partial charge in [-0.15, -0.1) is 0 Å². The SMILES string of the molecule is O=C(Cc1ccccc1)NCCCCCC(=O)Nc1ccccc1. The summed E-state index contributed by atoms with van der Waals surface area (Å²) in [5.41, 5.74) is 1.85. The zero-order valence-corrected chi connectivity index (χ0v) is 13.8. The Kier molecular flexibility index (Phi) is 7.54. The second-order valence-corrected chi connectivity index (χ2v) is 5.74. The molecule has 4 heteroatoms. The first-order chi connectivity index (χ1) is 11.7. The normalized spacial score (nSPS) is 10.2. The van der Waals surface area contributed by atoms with E-state index in [2.05, 4.69) is 10.6 Å². The third-order valence-electron chi connectivity index (χ3n) is 3.67. The van der Waals surface area contributed by atoms with Crippen LogP contribution in [0.5, 0.6) is 0 Å². The summed E-state index contributed by atoms with van der Waals surface area (Å²) < 4.78 is 0. The van der Waals surface area contributed by atoms with E-state index >= 15 is 0 Å². The van der Waals surface area contributed by atoms with Gasteiger partial charge < -0.3 is 10.6 Å². The van der Waals surface area contributed by atoms with Gasteiger partial charge in [0, 0.05) is 18.7 Å². The summed E-state index contributed by atoms with van der Waals surface area (Å²) in [4.78, 5) is 23.6. The van der Waals surface area contributed by atoms with Crippen LogP contribution in [0.3, 0.4) is 0 Å². The van der Waals surface area contributed by atoms with Crippen molar-refractivity contribution in [1.29, 1.82) is 0 Å². The molecular weight excluding hydrogens is 300 g/mol. The maximum Gasteiger partial charge on any atom is 0.224 e. The highest BCUT2D eigenvalue weighted by Crippen LogP contribution is 2.07. The zero-order chi connectivity index (χ0) is 17.0. The Bertz CT molecular complexity index is 569. The summed E-state index contributed by atoms with van der Waals surface area (Å²) in [6.07, 6.45) is 3.56. The minimum Gasteiger partial charge on any atom is -0.356 e. The van der Waals surface area contributed by atoms with Crippen molar-refractivity contribution in [3.63, 3.8) is 0 Å². The van der Waals surface area contributed by atoms with Gasteiger partial charge in [-0.3, -0.25) is 9.59 Å². The number of nitrogens with one attached hydrogen (secondary N) is 2. The maximum absolute atomic E-state index is 11.8. The van der Waals surface area contributed by atoms with Crippen LogP contribution in [-0.2, 0) is 16.0 Å². The van der Waals surface area contributed by atoms with E-state index in [9.17, 15) is 9.59 Å². The number of hydrogen-bond acceptors (Lipinski definition) is 2. The summed E-state index contributed by atoms with van der Waals surface area (Å²) in [5.74, 6) is 0.0809. The summed E-state index contributed by atoms with van der Waals surface area (Å²) >= 11 is 0. The summed E-state index contributed by atoms with van der Waals surface area (Å²) in [6.45, 7) is 0.659. The van der Waals surface area contributed by atoms with E-state index < -0.39 is 0 Å². The van der Waals surface area contributed by atoms with Crippen LogP contribution in [0.2, 0.25) is 0 Å². The fourth-order valence-electron chi connectivity index (χ4n) is 2.40. The molecular formula is C20H24N2O2. The first kappa shape index (κ1) is 17.7. The largest absolute Gasteiger partial charge is 0.356 e. The van der Waals surface area contributed by atoms with E-state index in [1.165, 1.54) is 0 Å². The Balaban J connectivity index is 1.50. The number of rotatable bonds is 9. The first-order valence-corrected chi connectivity index (χ1v) is 8.39.